The summed E-state index contributed by atoms with van der Waals surface area (Å²) in [7, 11) is 0. The van der Waals surface area contributed by atoms with Crippen LogP contribution >= 0.6 is 0 Å². The third-order valence-electron chi connectivity index (χ3n) is 4.00. The first-order valence-electron chi connectivity index (χ1n) is 9.15. The molecule has 0 fully saturated rings. The lowest BCUT2D eigenvalue weighted by Gasteiger charge is -2.01. The molecule has 0 spiro atoms. The number of aliphatic hydroxyl groups excluding tert-OH is 1. The molecule has 3 rings (SSSR count). The first-order chi connectivity index (χ1) is 13.8. The Labute approximate surface area is 167 Å². The van der Waals surface area contributed by atoms with Crippen molar-refractivity contribution in [3.8, 4) is 5.75 Å². The maximum atomic E-state index is 8.93. The molecule has 0 saturated carbocycles. The van der Waals surface area contributed by atoms with E-state index in [1.807, 2.05) is 103 Å². The lowest BCUT2D eigenvalue weighted by molar-refractivity contribution is 0.282. The molecule has 2 nitrogen and oxygen atoms in total. The molecule has 0 bridgehead atoms. The van der Waals surface area contributed by atoms with Gasteiger partial charge >= 0.3 is 0 Å². The number of hydrogen-bond donors (Lipinski definition) is 1. The van der Waals surface area contributed by atoms with Crippen molar-refractivity contribution < 1.29 is 9.84 Å². The average Bonchev–Trinajstić information content (AvgIpc) is 2.78. The van der Waals surface area contributed by atoms with Crippen molar-refractivity contribution in [2.75, 3.05) is 6.61 Å². The van der Waals surface area contributed by atoms with Crippen LogP contribution in [0.3, 0.4) is 0 Å². The highest BCUT2D eigenvalue weighted by Crippen LogP contribution is 2.10. The van der Waals surface area contributed by atoms with Gasteiger partial charge in [0.2, 0.25) is 0 Å². The summed E-state index contributed by atoms with van der Waals surface area (Å²) in [6, 6.07) is 25.5. The summed E-state index contributed by atoms with van der Waals surface area (Å²) < 4.78 is 5.55. The summed E-state index contributed by atoms with van der Waals surface area (Å²) >= 11 is 0. The maximum Gasteiger partial charge on any atom is 0.119 e. The van der Waals surface area contributed by atoms with Crippen molar-refractivity contribution in [3.05, 3.63) is 120 Å². The van der Waals surface area contributed by atoms with E-state index < -0.39 is 0 Å². The second-order valence-corrected chi connectivity index (χ2v) is 5.96. The van der Waals surface area contributed by atoms with Crippen molar-refractivity contribution >= 4 is 18.2 Å². The van der Waals surface area contributed by atoms with Gasteiger partial charge in [-0.3, -0.25) is 0 Å². The number of rotatable bonds is 7. The van der Waals surface area contributed by atoms with Gasteiger partial charge in [0.15, 0.2) is 0 Å². The predicted octanol–water partition coefficient (Wildman–Crippen LogP) is 6.24. The van der Waals surface area contributed by atoms with Gasteiger partial charge in [-0.1, -0.05) is 98.1 Å². The van der Waals surface area contributed by atoms with Crippen LogP contribution in [0.5, 0.6) is 5.75 Å². The van der Waals surface area contributed by atoms with Gasteiger partial charge in [-0.25, -0.2) is 0 Å². The molecule has 0 aromatic heterocycles. The quantitative estimate of drug-likeness (QED) is 0.533. The van der Waals surface area contributed by atoms with E-state index in [-0.39, 0.29) is 6.61 Å². The van der Waals surface area contributed by atoms with E-state index in [9.17, 15) is 0 Å². The maximum absolute atomic E-state index is 8.93. The van der Waals surface area contributed by atoms with Crippen LogP contribution in [0.4, 0.5) is 0 Å². The van der Waals surface area contributed by atoms with Gasteiger partial charge in [0.1, 0.15) is 12.4 Å². The summed E-state index contributed by atoms with van der Waals surface area (Å²) in [5.74, 6) is 0.873. The smallest absolute Gasteiger partial charge is 0.119 e. The fraction of sp³-hybridized carbons (Fsp3) is 0.0769. The summed E-state index contributed by atoms with van der Waals surface area (Å²) in [4.78, 5) is 0. The van der Waals surface area contributed by atoms with Crippen LogP contribution in [0.2, 0.25) is 0 Å². The van der Waals surface area contributed by atoms with E-state index in [2.05, 4.69) is 13.2 Å². The number of ether oxygens (including phenoxy) is 1. The van der Waals surface area contributed by atoms with Crippen LogP contribution in [-0.4, -0.2) is 11.7 Å². The Morgan fingerprint density at radius 1 is 0.750 bits per heavy atom. The number of para-hydroxylation sites is 1. The fourth-order valence-electron chi connectivity index (χ4n) is 2.46. The van der Waals surface area contributed by atoms with Gasteiger partial charge in [-0.15, -0.1) is 0 Å². The summed E-state index contributed by atoms with van der Waals surface area (Å²) in [6.07, 6.45) is 7.64. The number of aliphatic hydroxyl groups is 1. The van der Waals surface area contributed by atoms with E-state index in [4.69, 9.17) is 9.84 Å². The van der Waals surface area contributed by atoms with Crippen molar-refractivity contribution in [1.29, 1.82) is 0 Å². The summed E-state index contributed by atoms with van der Waals surface area (Å²) in [6.45, 7) is 8.02. The Morgan fingerprint density at radius 2 is 1.32 bits per heavy atom. The van der Waals surface area contributed by atoms with Crippen LogP contribution in [0.25, 0.3) is 18.2 Å². The monoisotopic (exact) mass is 370 g/mol. The summed E-state index contributed by atoms with van der Waals surface area (Å²) in [5.41, 5.74) is 4.30. The zero-order valence-corrected chi connectivity index (χ0v) is 16.0. The second-order valence-electron chi connectivity index (χ2n) is 5.96. The predicted molar refractivity (Wildman–Crippen MR) is 120 cm³/mol. The molecule has 28 heavy (non-hydrogen) atoms. The van der Waals surface area contributed by atoms with Gasteiger partial charge in [-0.05, 0) is 40.5 Å². The Kier molecular flexibility index (Phi) is 9.05. The summed E-state index contributed by atoms with van der Waals surface area (Å²) in [5, 5.41) is 8.93. The molecule has 1 N–H and O–H groups in total. The van der Waals surface area contributed by atoms with Gasteiger partial charge < -0.3 is 9.84 Å². The lowest BCUT2D eigenvalue weighted by atomic mass is 10.1. The van der Waals surface area contributed by atoms with E-state index >= 15 is 0 Å². The first-order valence-corrected chi connectivity index (χ1v) is 9.15. The lowest BCUT2D eigenvalue weighted by Crippen LogP contribution is -1.92. The Bertz CT molecular complexity index is 851. The van der Waals surface area contributed by atoms with Crippen LogP contribution in [0.1, 0.15) is 22.3 Å². The molecule has 0 aliphatic rings. The third kappa shape index (κ3) is 7.10. The molecule has 0 atom stereocenters. The molecule has 0 aliphatic heterocycles. The normalized spacial score (nSPS) is 10.0. The van der Waals surface area contributed by atoms with Crippen molar-refractivity contribution in [3.63, 3.8) is 0 Å². The minimum absolute atomic E-state index is 0.0844. The molecule has 142 valence electrons. The highest BCUT2D eigenvalue weighted by Gasteiger charge is 1.91. The molecular formula is C26H26O2. The van der Waals surface area contributed by atoms with Crippen LogP contribution in [0.15, 0.2) is 98.1 Å². The van der Waals surface area contributed by atoms with E-state index in [1.54, 1.807) is 0 Å². The Balaban J connectivity index is 0.000000237. The van der Waals surface area contributed by atoms with Gasteiger partial charge in [0.05, 0.1) is 6.61 Å². The topological polar surface area (TPSA) is 29.5 Å². The Morgan fingerprint density at radius 3 is 1.86 bits per heavy atom. The minimum atomic E-state index is 0.0844. The van der Waals surface area contributed by atoms with Crippen molar-refractivity contribution in [2.45, 2.75) is 6.61 Å². The van der Waals surface area contributed by atoms with Crippen LogP contribution in [0, 0.1) is 0 Å². The number of benzene rings is 3. The van der Waals surface area contributed by atoms with Gasteiger partial charge in [-0.2, -0.15) is 0 Å². The van der Waals surface area contributed by atoms with Crippen LogP contribution < -0.4 is 4.74 Å². The number of hydrogen-bond acceptors (Lipinski definition) is 2. The molecule has 0 radical (unpaired) electrons. The standard InChI is InChI=1S/C16H16O2.C10H10/c17-13-15-10-8-14(9-11-15)5-4-12-18-16-6-2-1-3-7-16;1-3-9-7-5-6-8-10(9)4-2/h1-11,17H,12-13H2;3-8H,1-2H2. The molecule has 0 heterocycles. The molecule has 0 aliphatic carbocycles. The molecular weight excluding hydrogens is 344 g/mol. The molecule has 0 amide bonds. The van der Waals surface area contributed by atoms with E-state index in [0.717, 1.165) is 28.0 Å². The first kappa shape index (κ1) is 20.9. The molecule has 0 saturated heterocycles. The van der Waals surface area contributed by atoms with Crippen LogP contribution in [-0.2, 0) is 6.61 Å². The average molecular weight is 370 g/mol. The highest BCUT2D eigenvalue weighted by atomic mass is 16.5. The van der Waals surface area contributed by atoms with Gasteiger partial charge in [0, 0.05) is 0 Å². The zero-order chi connectivity index (χ0) is 20.0. The Hall–Kier alpha value is -3.36. The van der Waals surface area contributed by atoms with E-state index in [1.165, 1.54) is 0 Å². The largest absolute Gasteiger partial charge is 0.490 e. The molecule has 3 aromatic carbocycles. The van der Waals surface area contributed by atoms with Crippen molar-refractivity contribution in [1.82, 2.24) is 0 Å². The van der Waals surface area contributed by atoms with Gasteiger partial charge in [0.25, 0.3) is 0 Å². The SMILES string of the molecule is C=Cc1ccccc1C=C.OCc1ccc(C=CCOc2ccccc2)cc1. The minimum Gasteiger partial charge on any atom is -0.490 e. The second kappa shape index (κ2) is 12.1. The highest BCUT2D eigenvalue weighted by molar-refractivity contribution is 5.63. The van der Waals surface area contributed by atoms with E-state index in [0.29, 0.717) is 6.61 Å². The van der Waals surface area contributed by atoms with Crippen molar-refractivity contribution in [2.24, 2.45) is 0 Å². The molecule has 3 aromatic rings. The fourth-order valence-corrected chi connectivity index (χ4v) is 2.46. The molecule has 2 heteroatoms. The third-order valence-corrected chi connectivity index (χ3v) is 4.00. The zero-order valence-electron chi connectivity index (χ0n) is 16.0. The molecule has 0 unspecified atom stereocenters.